The Morgan fingerprint density at radius 1 is 1.15 bits per heavy atom. The van der Waals surface area contributed by atoms with E-state index < -0.39 is 0 Å². The molecule has 0 unspecified atom stereocenters. The molecule has 0 amide bonds. The lowest BCUT2D eigenvalue weighted by molar-refractivity contribution is 0.220. The van der Waals surface area contributed by atoms with Crippen molar-refractivity contribution in [3.8, 4) is 0 Å². The lowest BCUT2D eigenvalue weighted by Crippen LogP contribution is -2.44. The van der Waals surface area contributed by atoms with Crippen LogP contribution in [0.4, 0.5) is 4.39 Å². The van der Waals surface area contributed by atoms with Gasteiger partial charge < -0.3 is 5.32 Å². The SMILES string of the molecule is CCC(CC)(CNC(C)(C)C)Cc1cccc(F)c1Cl. The van der Waals surface area contributed by atoms with Gasteiger partial charge in [-0.1, -0.05) is 37.6 Å². The highest BCUT2D eigenvalue weighted by Crippen LogP contribution is 2.34. The number of rotatable bonds is 6. The van der Waals surface area contributed by atoms with Crippen LogP contribution in [0.1, 0.15) is 53.0 Å². The molecule has 0 saturated carbocycles. The van der Waals surface area contributed by atoms with Crippen molar-refractivity contribution in [3.05, 3.63) is 34.6 Å². The van der Waals surface area contributed by atoms with Crippen molar-refractivity contribution in [2.45, 2.75) is 59.4 Å². The van der Waals surface area contributed by atoms with Gasteiger partial charge in [-0.15, -0.1) is 0 Å². The van der Waals surface area contributed by atoms with E-state index in [1.54, 1.807) is 6.07 Å². The van der Waals surface area contributed by atoms with Crippen molar-refractivity contribution in [1.29, 1.82) is 0 Å². The zero-order valence-corrected chi connectivity index (χ0v) is 14.1. The van der Waals surface area contributed by atoms with Crippen molar-refractivity contribution in [1.82, 2.24) is 5.32 Å². The summed E-state index contributed by atoms with van der Waals surface area (Å²) < 4.78 is 13.6. The molecule has 20 heavy (non-hydrogen) atoms. The third-order valence-electron chi connectivity index (χ3n) is 4.09. The molecule has 1 aromatic carbocycles. The van der Waals surface area contributed by atoms with E-state index in [0.717, 1.165) is 31.4 Å². The fourth-order valence-electron chi connectivity index (χ4n) is 2.35. The summed E-state index contributed by atoms with van der Waals surface area (Å²) in [5, 5.41) is 3.85. The highest BCUT2D eigenvalue weighted by atomic mass is 35.5. The van der Waals surface area contributed by atoms with Crippen LogP contribution in [0, 0.1) is 11.2 Å². The Labute approximate surface area is 127 Å². The first-order valence-electron chi connectivity index (χ1n) is 7.41. The first-order valence-corrected chi connectivity index (χ1v) is 7.79. The highest BCUT2D eigenvalue weighted by Gasteiger charge is 2.29. The Hall–Kier alpha value is -0.600. The van der Waals surface area contributed by atoms with E-state index in [9.17, 15) is 4.39 Å². The van der Waals surface area contributed by atoms with Crippen LogP contribution in [-0.4, -0.2) is 12.1 Å². The van der Waals surface area contributed by atoms with Crippen molar-refractivity contribution in [2.24, 2.45) is 5.41 Å². The molecule has 0 aliphatic rings. The molecule has 114 valence electrons. The van der Waals surface area contributed by atoms with Crippen molar-refractivity contribution in [3.63, 3.8) is 0 Å². The zero-order valence-electron chi connectivity index (χ0n) is 13.3. The van der Waals surface area contributed by atoms with Gasteiger partial charge in [0.1, 0.15) is 5.82 Å². The molecule has 0 atom stereocenters. The largest absolute Gasteiger partial charge is 0.312 e. The van der Waals surface area contributed by atoms with Gasteiger partial charge in [0.25, 0.3) is 0 Å². The molecular formula is C17H27ClFN. The molecular weight excluding hydrogens is 273 g/mol. The van der Waals surface area contributed by atoms with E-state index in [1.807, 2.05) is 6.07 Å². The maximum absolute atomic E-state index is 13.6. The summed E-state index contributed by atoms with van der Waals surface area (Å²) in [4.78, 5) is 0. The summed E-state index contributed by atoms with van der Waals surface area (Å²) in [6.07, 6.45) is 2.89. The molecule has 0 spiro atoms. The summed E-state index contributed by atoms with van der Waals surface area (Å²) >= 11 is 6.11. The minimum Gasteiger partial charge on any atom is -0.312 e. The monoisotopic (exact) mass is 299 g/mol. The predicted octanol–water partition coefficient (Wildman–Crippen LogP) is 5.22. The summed E-state index contributed by atoms with van der Waals surface area (Å²) in [6, 6.07) is 5.09. The Balaban J connectivity index is 2.93. The molecule has 0 bridgehead atoms. The topological polar surface area (TPSA) is 12.0 Å². The van der Waals surface area contributed by atoms with Gasteiger partial charge in [0.15, 0.2) is 0 Å². The molecule has 1 N–H and O–H groups in total. The fraction of sp³-hybridized carbons (Fsp3) is 0.647. The third-order valence-corrected chi connectivity index (χ3v) is 4.51. The minimum absolute atomic E-state index is 0.0846. The van der Waals surface area contributed by atoms with Gasteiger partial charge in [-0.2, -0.15) is 0 Å². The molecule has 0 fully saturated rings. The van der Waals surface area contributed by atoms with Crippen LogP contribution in [0.3, 0.4) is 0 Å². The predicted molar refractivity (Wildman–Crippen MR) is 85.9 cm³/mol. The second-order valence-corrected chi connectivity index (χ2v) is 7.08. The number of nitrogens with one attached hydrogen (secondary N) is 1. The van der Waals surface area contributed by atoms with Crippen LogP contribution in [0.25, 0.3) is 0 Å². The molecule has 1 rings (SSSR count). The van der Waals surface area contributed by atoms with Gasteiger partial charge in [-0.3, -0.25) is 0 Å². The number of hydrogen-bond acceptors (Lipinski definition) is 1. The molecule has 0 aliphatic carbocycles. The molecule has 0 aliphatic heterocycles. The first kappa shape index (κ1) is 17.5. The van der Waals surface area contributed by atoms with E-state index in [4.69, 9.17) is 11.6 Å². The van der Waals surface area contributed by atoms with Gasteiger partial charge in [0.2, 0.25) is 0 Å². The molecule has 0 saturated heterocycles. The smallest absolute Gasteiger partial charge is 0.142 e. The summed E-state index contributed by atoms with van der Waals surface area (Å²) in [5.41, 5.74) is 1.11. The number of benzene rings is 1. The molecule has 0 heterocycles. The maximum atomic E-state index is 13.6. The van der Waals surface area contributed by atoms with Crippen LogP contribution in [0.15, 0.2) is 18.2 Å². The Bertz CT molecular complexity index is 433. The lowest BCUT2D eigenvalue weighted by Gasteiger charge is -2.36. The molecule has 1 aromatic rings. The van der Waals surface area contributed by atoms with Gasteiger partial charge in [0, 0.05) is 12.1 Å². The van der Waals surface area contributed by atoms with Crippen molar-refractivity contribution < 1.29 is 4.39 Å². The summed E-state index contributed by atoms with van der Waals surface area (Å²) in [6.45, 7) is 11.8. The third kappa shape index (κ3) is 4.75. The summed E-state index contributed by atoms with van der Waals surface area (Å²) in [7, 11) is 0. The van der Waals surface area contributed by atoms with E-state index in [2.05, 4.69) is 39.9 Å². The van der Waals surface area contributed by atoms with E-state index in [1.165, 1.54) is 6.07 Å². The fourth-order valence-corrected chi connectivity index (χ4v) is 2.55. The van der Waals surface area contributed by atoms with Crippen LogP contribution in [-0.2, 0) is 6.42 Å². The maximum Gasteiger partial charge on any atom is 0.142 e. The van der Waals surface area contributed by atoms with E-state index in [-0.39, 0.29) is 21.8 Å². The Morgan fingerprint density at radius 3 is 2.25 bits per heavy atom. The summed E-state index contributed by atoms with van der Waals surface area (Å²) in [5.74, 6) is -0.325. The van der Waals surface area contributed by atoms with Gasteiger partial charge >= 0.3 is 0 Å². The zero-order chi connectivity index (χ0) is 15.4. The normalized spacial score (nSPS) is 12.8. The second-order valence-electron chi connectivity index (χ2n) is 6.70. The van der Waals surface area contributed by atoms with E-state index in [0.29, 0.717) is 0 Å². The minimum atomic E-state index is -0.325. The average molecular weight is 300 g/mol. The lowest BCUT2D eigenvalue weighted by atomic mass is 9.76. The van der Waals surface area contributed by atoms with Gasteiger partial charge in [-0.05, 0) is 57.1 Å². The van der Waals surface area contributed by atoms with Crippen LogP contribution < -0.4 is 5.32 Å². The van der Waals surface area contributed by atoms with Crippen molar-refractivity contribution in [2.75, 3.05) is 6.54 Å². The molecule has 0 aromatic heterocycles. The standard InChI is InChI=1S/C17H27ClFN/c1-6-17(7-2,12-20-16(3,4)5)11-13-9-8-10-14(19)15(13)18/h8-10,20H,6-7,11-12H2,1-5H3. The van der Waals surface area contributed by atoms with Crippen molar-refractivity contribution >= 4 is 11.6 Å². The number of hydrogen-bond donors (Lipinski definition) is 1. The number of halogens is 2. The van der Waals surface area contributed by atoms with Gasteiger partial charge in [-0.25, -0.2) is 4.39 Å². The average Bonchev–Trinajstić information content (AvgIpc) is 2.39. The quantitative estimate of drug-likeness (QED) is 0.759. The second kappa shape index (κ2) is 6.91. The Kier molecular flexibility index (Phi) is 6.03. The highest BCUT2D eigenvalue weighted by molar-refractivity contribution is 6.31. The van der Waals surface area contributed by atoms with Crippen LogP contribution in [0.5, 0.6) is 0 Å². The Morgan fingerprint density at radius 2 is 1.75 bits per heavy atom. The first-order chi connectivity index (χ1) is 9.23. The molecule has 1 nitrogen and oxygen atoms in total. The van der Waals surface area contributed by atoms with Crippen LogP contribution in [0.2, 0.25) is 5.02 Å². The van der Waals surface area contributed by atoms with E-state index >= 15 is 0 Å². The molecule has 3 heteroatoms. The van der Waals surface area contributed by atoms with Crippen LogP contribution >= 0.6 is 11.6 Å². The van der Waals surface area contributed by atoms with Gasteiger partial charge in [0.05, 0.1) is 5.02 Å². The molecule has 0 radical (unpaired) electrons.